The molecule has 0 bridgehead atoms. The van der Waals surface area contributed by atoms with Crippen LogP contribution in [0.3, 0.4) is 0 Å². The summed E-state index contributed by atoms with van der Waals surface area (Å²) in [5.41, 5.74) is 0. The van der Waals surface area contributed by atoms with E-state index in [2.05, 4.69) is 6.92 Å². The second-order valence-corrected chi connectivity index (χ2v) is 7.47. The van der Waals surface area contributed by atoms with E-state index in [1.807, 2.05) is 0 Å². The van der Waals surface area contributed by atoms with Crippen molar-refractivity contribution in [3.63, 3.8) is 0 Å². The first-order chi connectivity index (χ1) is 13.3. The van der Waals surface area contributed by atoms with Gasteiger partial charge in [0.1, 0.15) is 0 Å². The first-order valence-electron chi connectivity index (χ1n) is 11.6. The minimum Gasteiger partial charge on any atom is -0.394 e. The summed E-state index contributed by atoms with van der Waals surface area (Å²) in [6.07, 6.45) is 21.6. The zero-order valence-corrected chi connectivity index (χ0v) is 19.2. The number of hydrogen-bond donors (Lipinski definition) is 2. The molecule has 0 radical (unpaired) electrons. The van der Waals surface area contributed by atoms with E-state index < -0.39 is 0 Å². The predicted molar refractivity (Wildman–Crippen MR) is 120 cm³/mol. The van der Waals surface area contributed by atoms with E-state index in [1.165, 1.54) is 102 Å². The summed E-state index contributed by atoms with van der Waals surface area (Å²) < 4.78 is 0. The number of nitrogens with zero attached hydrogens (tertiary/aromatic N) is 1. The van der Waals surface area contributed by atoms with Gasteiger partial charge in [-0.25, -0.2) is 0 Å². The Morgan fingerprint density at radius 1 is 0.536 bits per heavy atom. The van der Waals surface area contributed by atoms with Gasteiger partial charge in [-0.1, -0.05) is 108 Å². The fraction of sp³-hybridized carbons (Fsp3) is 1.00. The topological polar surface area (TPSA) is 62.2 Å². The number of hydrogen-bond acceptors (Lipinski definition) is 5. The van der Waals surface area contributed by atoms with Crippen LogP contribution < -0.4 is 0 Å². The van der Waals surface area contributed by atoms with Crippen LogP contribution in [-0.2, 0) is 9.68 Å². The third kappa shape index (κ3) is 24.1. The molecule has 0 atom stereocenters. The molecule has 0 aliphatic carbocycles. The van der Waals surface area contributed by atoms with Gasteiger partial charge in [0.2, 0.25) is 0 Å². The summed E-state index contributed by atoms with van der Waals surface area (Å²) in [6.45, 7) is 3.35. The van der Waals surface area contributed by atoms with Crippen LogP contribution in [0.25, 0.3) is 0 Å². The molecule has 0 saturated heterocycles. The van der Waals surface area contributed by atoms with Crippen LogP contribution in [0.1, 0.15) is 110 Å². The molecule has 172 valence electrons. The van der Waals surface area contributed by atoms with Crippen LogP contribution in [0.2, 0.25) is 0 Å². The van der Waals surface area contributed by atoms with Crippen molar-refractivity contribution in [3.05, 3.63) is 0 Å². The largest absolute Gasteiger partial charge is 0.394 e. The van der Waals surface area contributed by atoms with Crippen LogP contribution in [0.15, 0.2) is 0 Å². The molecular weight excluding hydrogens is 378 g/mol. The normalized spacial score (nSPS) is 11.1. The van der Waals surface area contributed by atoms with Gasteiger partial charge in [-0.2, -0.15) is 0 Å². The minimum absolute atomic E-state index is 0. The van der Waals surface area contributed by atoms with Crippen molar-refractivity contribution >= 4 is 12.4 Å². The molecule has 0 fully saturated rings. The van der Waals surface area contributed by atoms with Gasteiger partial charge in [0.05, 0.1) is 33.0 Å². The first kappa shape index (κ1) is 30.3. The Bertz CT molecular complexity index is 265. The molecular formula is C22H48ClNO4. The molecule has 0 spiro atoms. The van der Waals surface area contributed by atoms with Crippen LogP contribution in [0.4, 0.5) is 0 Å². The van der Waals surface area contributed by atoms with Crippen LogP contribution >= 0.6 is 12.4 Å². The van der Waals surface area contributed by atoms with E-state index in [0.29, 0.717) is 6.54 Å². The summed E-state index contributed by atoms with van der Waals surface area (Å²) in [5.74, 6) is 0. The summed E-state index contributed by atoms with van der Waals surface area (Å²) in [4.78, 5) is 10.5. The van der Waals surface area contributed by atoms with E-state index in [0.717, 1.165) is 6.42 Å². The van der Waals surface area contributed by atoms with Crippen molar-refractivity contribution in [2.75, 3.05) is 33.0 Å². The Labute approximate surface area is 180 Å². The number of halogens is 1. The van der Waals surface area contributed by atoms with Gasteiger partial charge in [0, 0.05) is 0 Å². The van der Waals surface area contributed by atoms with Crippen molar-refractivity contribution < 1.29 is 19.9 Å². The third-order valence-electron chi connectivity index (χ3n) is 4.85. The molecule has 0 amide bonds. The van der Waals surface area contributed by atoms with Crippen LogP contribution in [0.5, 0.6) is 0 Å². The molecule has 5 nitrogen and oxygen atoms in total. The number of unbranched alkanes of at least 4 members (excludes halogenated alkanes) is 15. The molecule has 0 aromatic heterocycles. The molecule has 0 aliphatic heterocycles. The van der Waals surface area contributed by atoms with E-state index in [4.69, 9.17) is 19.9 Å². The predicted octanol–water partition coefficient (Wildman–Crippen LogP) is 5.82. The zero-order valence-electron chi connectivity index (χ0n) is 18.4. The molecule has 2 N–H and O–H groups in total. The second kappa shape index (κ2) is 27.1. The zero-order chi connectivity index (χ0) is 19.8. The van der Waals surface area contributed by atoms with Gasteiger partial charge in [0.15, 0.2) is 0 Å². The maximum absolute atomic E-state index is 8.80. The lowest BCUT2D eigenvalue weighted by molar-refractivity contribution is -0.371. The van der Waals surface area contributed by atoms with Gasteiger partial charge in [-0.05, 0) is 6.42 Å². The highest BCUT2D eigenvalue weighted by atomic mass is 35.5. The van der Waals surface area contributed by atoms with E-state index in [9.17, 15) is 0 Å². The number of rotatable bonds is 23. The van der Waals surface area contributed by atoms with Crippen molar-refractivity contribution in [2.24, 2.45) is 0 Å². The van der Waals surface area contributed by atoms with Crippen LogP contribution in [-0.4, -0.2) is 48.4 Å². The number of aliphatic hydroxyl groups excluding tert-OH is 2. The smallest absolute Gasteiger partial charge is 0.0942 e. The second-order valence-electron chi connectivity index (χ2n) is 7.47. The molecule has 0 heterocycles. The molecule has 28 heavy (non-hydrogen) atoms. The minimum atomic E-state index is -0.0298. The van der Waals surface area contributed by atoms with E-state index >= 15 is 0 Å². The lowest BCUT2D eigenvalue weighted by Crippen LogP contribution is -2.28. The molecule has 0 saturated carbocycles. The molecule has 6 heteroatoms. The third-order valence-corrected chi connectivity index (χ3v) is 4.85. The highest BCUT2D eigenvalue weighted by Gasteiger charge is 2.05. The van der Waals surface area contributed by atoms with Crippen LogP contribution in [0, 0.1) is 0 Å². The molecule has 0 aromatic carbocycles. The van der Waals surface area contributed by atoms with Gasteiger partial charge < -0.3 is 10.2 Å². The van der Waals surface area contributed by atoms with Crippen molar-refractivity contribution in [2.45, 2.75) is 110 Å². The van der Waals surface area contributed by atoms with Gasteiger partial charge in [-0.15, -0.1) is 12.4 Å². The Balaban J connectivity index is 0. The Morgan fingerprint density at radius 3 is 1.18 bits per heavy atom. The monoisotopic (exact) mass is 425 g/mol. The Morgan fingerprint density at radius 2 is 0.857 bits per heavy atom. The number of hydroxylamine groups is 2. The SMILES string of the molecule is CCCCCCCCCCCCCCCCCCN(OCCO)OCCO.Cl. The fourth-order valence-electron chi connectivity index (χ4n) is 3.24. The highest BCUT2D eigenvalue weighted by molar-refractivity contribution is 5.85. The van der Waals surface area contributed by atoms with E-state index in [1.54, 1.807) is 0 Å². The average Bonchev–Trinajstić information content (AvgIpc) is 2.69. The standard InChI is InChI=1S/C22H47NO4.ClH/c1-2-3-4-5-6-7-8-9-10-11-12-13-14-15-16-17-18-23(26-21-19-24)27-22-20-25;/h24-25H,2-22H2,1H3;1H. The summed E-state index contributed by atoms with van der Waals surface area (Å²) in [6, 6.07) is 0. The van der Waals surface area contributed by atoms with E-state index in [-0.39, 0.29) is 38.8 Å². The fourth-order valence-corrected chi connectivity index (χ4v) is 3.24. The number of aliphatic hydroxyl groups is 2. The van der Waals surface area contributed by atoms with Crippen molar-refractivity contribution in [1.82, 2.24) is 5.23 Å². The highest BCUT2D eigenvalue weighted by Crippen LogP contribution is 2.13. The first-order valence-corrected chi connectivity index (χ1v) is 11.6. The maximum atomic E-state index is 8.80. The molecule has 0 rings (SSSR count). The quantitative estimate of drug-likeness (QED) is 0.159. The summed E-state index contributed by atoms with van der Waals surface area (Å²) in [7, 11) is 0. The average molecular weight is 426 g/mol. The van der Waals surface area contributed by atoms with Gasteiger partial charge >= 0.3 is 0 Å². The lowest BCUT2D eigenvalue weighted by Gasteiger charge is -2.20. The maximum Gasteiger partial charge on any atom is 0.0942 e. The molecule has 0 aromatic rings. The van der Waals surface area contributed by atoms with Gasteiger partial charge in [-0.3, -0.25) is 9.68 Å². The van der Waals surface area contributed by atoms with Crippen molar-refractivity contribution in [3.8, 4) is 0 Å². The summed E-state index contributed by atoms with van der Waals surface area (Å²) >= 11 is 0. The lowest BCUT2D eigenvalue weighted by atomic mass is 10.0. The Hall–Kier alpha value is 0.0900. The molecule has 0 aliphatic rings. The summed E-state index contributed by atoms with van der Waals surface area (Å²) in [5, 5.41) is 19.0. The molecule has 0 unspecified atom stereocenters. The Kier molecular flexibility index (Phi) is 29.3. The van der Waals surface area contributed by atoms with Gasteiger partial charge in [0.25, 0.3) is 0 Å². The van der Waals surface area contributed by atoms with Crippen molar-refractivity contribution in [1.29, 1.82) is 0 Å².